The van der Waals surface area contributed by atoms with Crippen molar-refractivity contribution in [2.75, 3.05) is 0 Å². The van der Waals surface area contributed by atoms with Crippen molar-refractivity contribution in [2.45, 2.75) is 19.8 Å². The summed E-state index contributed by atoms with van der Waals surface area (Å²) in [5.74, 6) is -0.803. The summed E-state index contributed by atoms with van der Waals surface area (Å²) in [6, 6.07) is 3.84. The van der Waals surface area contributed by atoms with Crippen molar-refractivity contribution >= 4 is 5.97 Å². The number of aryl methyl sites for hydroxylation is 2. The minimum atomic E-state index is -0.803. The largest absolute Gasteiger partial charge is 0.481 e. The predicted molar refractivity (Wildman–Crippen MR) is 67.1 cm³/mol. The number of hydrogen-bond donors (Lipinski definition) is 1. The molecule has 1 N–H and O–H groups in total. The number of aliphatic carboxylic acids is 1. The van der Waals surface area contributed by atoms with Gasteiger partial charge in [-0.3, -0.25) is 14.5 Å². The Morgan fingerprint density at radius 2 is 2.28 bits per heavy atom. The van der Waals surface area contributed by atoms with Gasteiger partial charge in [-0.25, -0.2) is 0 Å². The highest BCUT2D eigenvalue weighted by atomic mass is 16.4. The third-order valence-electron chi connectivity index (χ3n) is 2.89. The molecule has 0 amide bonds. The summed E-state index contributed by atoms with van der Waals surface area (Å²) in [6.45, 7) is 1.96. The predicted octanol–water partition coefficient (Wildman–Crippen LogP) is 1.81. The lowest BCUT2D eigenvalue weighted by Crippen LogP contribution is -1.99. The first-order valence-electron chi connectivity index (χ1n) is 5.74. The zero-order chi connectivity index (χ0) is 13.1. The molecule has 0 saturated carbocycles. The van der Waals surface area contributed by atoms with Crippen LogP contribution in [0.1, 0.15) is 17.7 Å². The summed E-state index contributed by atoms with van der Waals surface area (Å²) in [6.07, 6.45) is 4.06. The van der Waals surface area contributed by atoms with Gasteiger partial charge in [-0.15, -0.1) is 0 Å². The first kappa shape index (κ1) is 12.3. The van der Waals surface area contributed by atoms with Crippen LogP contribution in [0.25, 0.3) is 11.3 Å². The first-order chi connectivity index (χ1) is 8.59. The van der Waals surface area contributed by atoms with Crippen LogP contribution < -0.4 is 0 Å². The van der Waals surface area contributed by atoms with E-state index in [1.807, 2.05) is 26.1 Å². The van der Waals surface area contributed by atoms with Crippen molar-refractivity contribution in [3.8, 4) is 11.3 Å². The van der Waals surface area contributed by atoms with E-state index in [1.54, 1.807) is 17.1 Å². The van der Waals surface area contributed by atoms with Crippen LogP contribution in [0.4, 0.5) is 0 Å². The van der Waals surface area contributed by atoms with Gasteiger partial charge in [-0.2, -0.15) is 5.10 Å². The molecule has 0 atom stereocenters. The fourth-order valence-corrected chi connectivity index (χ4v) is 2.05. The highest BCUT2D eigenvalue weighted by Crippen LogP contribution is 2.24. The fourth-order valence-electron chi connectivity index (χ4n) is 2.05. The molecule has 18 heavy (non-hydrogen) atoms. The van der Waals surface area contributed by atoms with E-state index in [-0.39, 0.29) is 6.42 Å². The second-order valence-electron chi connectivity index (χ2n) is 4.18. The van der Waals surface area contributed by atoms with Gasteiger partial charge in [0.25, 0.3) is 0 Å². The van der Waals surface area contributed by atoms with E-state index in [1.165, 1.54) is 0 Å². The van der Waals surface area contributed by atoms with E-state index in [4.69, 9.17) is 5.11 Å². The summed E-state index contributed by atoms with van der Waals surface area (Å²) >= 11 is 0. The zero-order valence-electron chi connectivity index (χ0n) is 10.4. The van der Waals surface area contributed by atoms with Gasteiger partial charge < -0.3 is 5.11 Å². The van der Waals surface area contributed by atoms with Gasteiger partial charge >= 0.3 is 5.97 Å². The molecule has 0 spiro atoms. The Kier molecular flexibility index (Phi) is 3.41. The van der Waals surface area contributed by atoms with E-state index < -0.39 is 5.97 Å². The molecule has 0 unspecified atom stereocenters. The van der Waals surface area contributed by atoms with Crippen LogP contribution in [0.15, 0.2) is 24.5 Å². The molecule has 5 nitrogen and oxygen atoms in total. The normalized spacial score (nSPS) is 10.6. The number of nitrogens with zero attached hydrogens (tertiary/aromatic N) is 3. The topological polar surface area (TPSA) is 68.0 Å². The molecule has 0 saturated heterocycles. The van der Waals surface area contributed by atoms with Crippen molar-refractivity contribution in [1.29, 1.82) is 0 Å². The molecule has 0 aliphatic heterocycles. The monoisotopic (exact) mass is 245 g/mol. The number of pyridine rings is 1. The van der Waals surface area contributed by atoms with E-state index in [2.05, 4.69) is 10.1 Å². The molecule has 0 aromatic carbocycles. The maximum absolute atomic E-state index is 10.6. The standard InChI is InChI=1S/C13H15N3O2/c1-9-11(5-6-12(17)18)15-16(2)13(9)10-4-3-7-14-8-10/h3-4,7-8H,5-6H2,1-2H3,(H,17,18). The Bertz CT molecular complexity index is 561. The SMILES string of the molecule is Cc1c(CCC(=O)O)nn(C)c1-c1cccnc1. The van der Waals surface area contributed by atoms with Gasteiger partial charge in [0.15, 0.2) is 0 Å². The summed E-state index contributed by atoms with van der Waals surface area (Å²) in [7, 11) is 1.86. The summed E-state index contributed by atoms with van der Waals surface area (Å²) in [5.41, 5.74) is 3.83. The van der Waals surface area contributed by atoms with Gasteiger partial charge in [0, 0.05) is 31.4 Å². The number of aromatic nitrogens is 3. The van der Waals surface area contributed by atoms with Gasteiger partial charge in [-0.1, -0.05) is 0 Å². The molecule has 2 heterocycles. The Morgan fingerprint density at radius 3 is 2.89 bits per heavy atom. The molecule has 5 heteroatoms. The molecule has 2 aromatic rings. The average Bonchev–Trinajstić information content (AvgIpc) is 2.63. The van der Waals surface area contributed by atoms with Crippen LogP contribution in [0.3, 0.4) is 0 Å². The molecule has 0 bridgehead atoms. The zero-order valence-corrected chi connectivity index (χ0v) is 10.4. The first-order valence-corrected chi connectivity index (χ1v) is 5.74. The maximum atomic E-state index is 10.6. The molecule has 0 radical (unpaired) electrons. The summed E-state index contributed by atoms with van der Waals surface area (Å²) in [4.78, 5) is 14.7. The van der Waals surface area contributed by atoms with Crippen LogP contribution in [0.5, 0.6) is 0 Å². The van der Waals surface area contributed by atoms with Crippen LogP contribution in [0.2, 0.25) is 0 Å². The Balaban J connectivity index is 2.35. The smallest absolute Gasteiger partial charge is 0.303 e. The van der Waals surface area contributed by atoms with E-state index >= 15 is 0 Å². The highest BCUT2D eigenvalue weighted by molar-refractivity contribution is 5.68. The molecule has 0 aliphatic rings. The van der Waals surface area contributed by atoms with Crippen molar-refractivity contribution in [2.24, 2.45) is 7.05 Å². The molecule has 0 aliphatic carbocycles. The van der Waals surface area contributed by atoms with Crippen LogP contribution in [-0.4, -0.2) is 25.8 Å². The summed E-state index contributed by atoms with van der Waals surface area (Å²) in [5, 5.41) is 13.1. The molecule has 0 fully saturated rings. The lowest BCUT2D eigenvalue weighted by Gasteiger charge is -2.02. The third-order valence-corrected chi connectivity index (χ3v) is 2.89. The van der Waals surface area contributed by atoms with Crippen LogP contribution in [0, 0.1) is 6.92 Å². The van der Waals surface area contributed by atoms with Crippen molar-refractivity contribution < 1.29 is 9.90 Å². The molecular weight excluding hydrogens is 230 g/mol. The van der Waals surface area contributed by atoms with Gasteiger partial charge in [0.1, 0.15) is 0 Å². The summed E-state index contributed by atoms with van der Waals surface area (Å²) < 4.78 is 1.78. The Labute approximate surface area is 105 Å². The quantitative estimate of drug-likeness (QED) is 0.892. The van der Waals surface area contributed by atoms with Crippen molar-refractivity contribution in [3.63, 3.8) is 0 Å². The minimum absolute atomic E-state index is 0.102. The van der Waals surface area contributed by atoms with Crippen molar-refractivity contribution in [3.05, 3.63) is 35.8 Å². The van der Waals surface area contributed by atoms with E-state index in [9.17, 15) is 4.79 Å². The Morgan fingerprint density at radius 1 is 1.50 bits per heavy atom. The lowest BCUT2D eigenvalue weighted by molar-refractivity contribution is -0.136. The molecule has 2 aromatic heterocycles. The molecule has 94 valence electrons. The molecular formula is C13H15N3O2. The number of hydrogen-bond acceptors (Lipinski definition) is 3. The number of carboxylic acid groups (broad SMARTS) is 1. The van der Waals surface area contributed by atoms with Crippen LogP contribution >= 0.6 is 0 Å². The number of carboxylic acids is 1. The Hall–Kier alpha value is -2.17. The minimum Gasteiger partial charge on any atom is -0.481 e. The van der Waals surface area contributed by atoms with E-state index in [0.717, 1.165) is 22.5 Å². The van der Waals surface area contributed by atoms with Crippen molar-refractivity contribution in [1.82, 2.24) is 14.8 Å². The average molecular weight is 245 g/mol. The fraction of sp³-hybridized carbons (Fsp3) is 0.308. The van der Waals surface area contributed by atoms with Gasteiger partial charge in [0.05, 0.1) is 17.8 Å². The number of carbonyl (C=O) groups is 1. The third kappa shape index (κ3) is 2.40. The highest BCUT2D eigenvalue weighted by Gasteiger charge is 2.14. The van der Waals surface area contributed by atoms with Gasteiger partial charge in [0.2, 0.25) is 0 Å². The second kappa shape index (κ2) is 5.00. The van der Waals surface area contributed by atoms with Gasteiger partial charge in [-0.05, 0) is 24.6 Å². The lowest BCUT2D eigenvalue weighted by atomic mass is 10.1. The van der Waals surface area contributed by atoms with Crippen LogP contribution in [-0.2, 0) is 18.3 Å². The second-order valence-corrected chi connectivity index (χ2v) is 4.18. The molecule has 2 rings (SSSR count). The number of rotatable bonds is 4. The van der Waals surface area contributed by atoms with E-state index in [0.29, 0.717) is 6.42 Å². The maximum Gasteiger partial charge on any atom is 0.303 e.